The molecule has 0 aromatic rings. The van der Waals surface area contributed by atoms with E-state index in [1.165, 1.54) is 45.1 Å². The van der Waals surface area contributed by atoms with Crippen molar-refractivity contribution >= 4 is 0 Å². The highest BCUT2D eigenvalue weighted by molar-refractivity contribution is 4.83. The van der Waals surface area contributed by atoms with Crippen LogP contribution in [0.4, 0.5) is 0 Å². The predicted molar refractivity (Wildman–Crippen MR) is 67.6 cm³/mol. The van der Waals surface area contributed by atoms with Gasteiger partial charge in [-0.05, 0) is 56.9 Å². The minimum absolute atomic E-state index is 0.560. The Morgan fingerprint density at radius 2 is 2.06 bits per heavy atom. The SMILES string of the molecule is CC(C)CC(CNC1CC1)CC1CCCO1. The average Bonchev–Trinajstić information content (AvgIpc) is 2.92. The van der Waals surface area contributed by atoms with Crippen LogP contribution >= 0.6 is 0 Å². The van der Waals surface area contributed by atoms with E-state index in [4.69, 9.17) is 4.74 Å². The summed E-state index contributed by atoms with van der Waals surface area (Å²) in [6.45, 7) is 6.87. The number of nitrogens with one attached hydrogen (secondary N) is 1. The standard InChI is InChI=1S/C14H27NO/c1-11(2)8-12(10-15-13-5-6-13)9-14-4-3-7-16-14/h11-15H,3-10H2,1-2H3. The van der Waals surface area contributed by atoms with Gasteiger partial charge in [-0.3, -0.25) is 0 Å². The molecule has 2 atom stereocenters. The average molecular weight is 225 g/mol. The van der Waals surface area contributed by atoms with E-state index in [0.717, 1.165) is 24.5 Å². The molecule has 1 saturated heterocycles. The second-order valence-electron chi connectivity index (χ2n) is 6.05. The van der Waals surface area contributed by atoms with Gasteiger partial charge in [0.2, 0.25) is 0 Å². The van der Waals surface area contributed by atoms with Gasteiger partial charge < -0.3 is 10.1 Å². The van der Waals surface area contributed by atoms with Crippen LogP contribution in [0.5, 0.6) is 0 Å². The molecule has 16 heavy (non-hydrogen) atoms. The van der Waals surface area contributed by atoms with E-state index in [9.17, 15) is 0 Å². The first-order chi connectivity index (χ1) is 7.74. The molecular formula is C14H27NO. The van der Waals surface area contributed by atoms with Gasteiger partial charge in [0.15, 0.2) is 0 Å². The quantitative estimate of drug-likeness (QED) is 0.719. The van der Waals surface area contributed by atoms with Gasteiger partial charge in [-0.25, -0.2) is 0 Å². The summed E-state index contributed by atoms with van der Waals surface area (Å²) in [6.07, 6.45) is 8.54. The summed E-state index contributed by atoms with van der Waals surface area (Å²) in [6, 6.07) is 0.846. The summed E-state index contributed by atoms with van der Waals surface area (Å²) in [7, 11) is 0. The summed E-state index contributed by atoms with van der Waals surface area (Å²) >= 11 is 0. The summed E-state index contributed by atoms with van der Waals surface area (Å²) in [5.74, 6) is 1.64. The van der Waals surface area contributed by atoms with Gasteiger partial charge in [0.1, 0.15) is 0 Å². The summed E-state index contributed by atoms with van der Waals surface area (Å²) in [5, 5.41) is 3.68. The van der Waals surface area contributed by atoms with E-state index < -0.39 is 0 Å². The lowest BCUT2D eigenvalue weighted by atomic mass is 9.91. The first kappa shape index (κ1) is 12.4. The maximum Gasteiger partial charge on any atom is 0.0579 e. The predicted octanol–water partition coefficient (Wildman–Crippen LogP) is 2.97. The number of hydrogen-bond acceptors (Lipinski definition) is 2. The minimum atomic E-state index is 0.560. The number of rotatable bonds is 7. The first-order valence-corrected chi connectivity index (χ1v) is 7.09. The van der Waals surface area contributed by atoms with Gasteiger partial charge >= 0.3 is 0 Å². The number of hydrogen-bond donors (Lipinski definition) is 1. The normalized spacial score (nSPS) is 27.6. The molecule has 2 fully saturated rings. The third-order valence-electron chi connectivity index (χ3n) is 3.70. The zero-order valence-electron chi connectivity index (χ0n) is 10.9. The molecule has 2 heteroatoms. The van der Waals surface area contributed by atoms with Crippen LogP contribution < -0.4 is 5.32 Å². The first-order valence-electron chi connectivity index (χ1n) is 7.09. The third kappa shape index (κ3) is 4.42. The van der Waals surface area contributed by atoms with E-state index in [0.29, 0.717) is 6.10 Å². The lowest BCUT2D eigenvalue weighted by Crippen LogP contribution is -2.28. The molecule has 1 N–H and O–H groups in total. The third-order valence-corrected chi connectivity index (χ3v) is 3.70. The molecule has 2 nitrogen and oxygen atoms in total. The Balaban J connectivity index is 1.70. The molecule has 0 amide bonds. The van der Waals surface area contributed by atoms with E-state index in [2.05, 4.69) is 19.2 Å². The number of ether oxygens (including phenoxy) is 1. The summed E-state index contributed by atoms with van der Waals surface area (Å²) in [4.78, 5) is 0. The molecule has 0 aromatic heterocycles. The maximum atomic E-state index is 5.76. The highest BCUT2D eigenvalue weighted by Crippen LogP contribution is 2.25. The van der Waals surface area contributed by atoms with Gasteiger partial charge in [0.25, 0.3) is 0 Å². The van der Waals surface area contributed by atoms with Gasteiger partial charge in [-0.1, -0.05) is 13.8 Å². The Morgan fingerprint density at radius 1 is 1.25 bits per heavy atom. The zero-order chi connectivity index (χ0) is 11.4. The Morgan fingerprint density at radius 3 is 2.62 bits per heavy atom. The Kier molecular flexibility index (Phi) is 4.66. The summed E-state index contributed by atoms with van der Waals surface area (Å²) in [5.41, 5.74) is 0. The van der Waals surface area contributed by atoms with Crippen molar-refractivity contribution in [1.29, 1.82) is 0 Å². The van der Waals surface area contributed by atoms with Crippen molar-refractivity contribution in [2.75, 3.05) is 13.2 Å². The van der Waals surface area contributed by atoms with E-state index in [1.54, 1.807) is 0 Å². The Hall–Kier alpha value is -0.0800. The molecule has 0 radical (unpaired) electrons. The van der Waals surface area contributed by atoms with Gasteiger partial charge in [0, 0.05) is 12.6 Å². The molecular weight excluding hydrogens is 198 g/mol. The van der Waals surface area contributed by atoms with Gasteiger partial charge in [-0.15, -0.1) is 0 Å². The van der Waals surface area contributed by atoms with Crippen molar-refractivity contribution in [3.05, 3.63) is 0 Å². The van der Waals surface area contributed by atoms with Crippen molar-refractivity contribution in [2.24, 2.45) is 11.8 Å². The monoisotopic (exact) mass is 225 g/mol. The van der Waals surface area contributed by atoms with Crippen molar-refractivity contribution in [3.63, 3.8) is 0 Å². The molecule has 1 saturated carbocycles. The highest BCUT2D eigenvalue weighted by Gasteiger charge is 2.25. The molecule has 94 valence electrons. The van der Waals surface area contributed by atoms with Crippen LogP contribution in [0.1, 0.15) is 52.4 Å². The van der Waals surface area contributed by atoms with Crippen LogP contribution in [0.3, 0.4) is 0 Å². The fourth-order valence-electron chi connectivity index (χ4n) is 2.75. The molecule has 1 heterocycles. The summed E-state index contributed by atoms with van der Waals surface area (Å²) < 4.78 is 5.76. The lowest BCUT2D eigenvalue weighted by molar-refractivity contribution is 0.0859. The topological polar surface area (TPSA) is 21.3 Å². The second kappa shape index (κ2) is 6.02. The van der Waals surface area contributed by atoms with Crippen LogP contribution in [0.15, 0.2) is 0 Å². The van der Waals surface area contributed by atoms with Gasteiger partial charge in [-0.2, -0.15) is 0 Å². The molecule has 0 bridgehead atoms. The molecule has 0 aromatic carbocycles. The van der Waals surface area contributed by atoms with E-state index >= 15 is 0 Å². The van der Waals surface area contributed by atoms with Crippen LogP contribution in [0, 0.1) is 11.8 Å². The van der Waals surface area contributed by atoms with Crippen LogP contribution in [-0.2, 0) is 4.74 Å². The molecule has 0 spiro atoms. The smallest absolute Gasteiger partial charge is 0.0579 e. The minimum Gasteiger partial charge on any atom is -0.378 e. The Bertz CT molecular complexity index is 195. The van der Waals surface area contributed by atoms with Crippen molar-refractivity contribution in [3.8, 4) is 0 Å². The van der Waals surface area contributed by atoms with Gasteiger partial charge in [0.05, 0.1) is 6.10 Å². The largest absolute Gasteiger partial charge is 0.378 e. The highest BCUT2D eigenvalue weighted by atomic mass is 16.5. The van der Waals surface area contributed by atoms with E-state index in [-0.39, 0.29) is 0 Å². The molecule has 1 aliphatic heterocycles. The molecule has 2 aliphatic rings. The fraction of sp³-hybridized carbons (Fsp3) is 1.00. The molecule has 1 aliphatic carbocycles. The van der Waals surface area contributed by atoms with Crippen LogP contribution in [0.2, 0.25) is 0 Å². The fourth-order valence-corrected chi connectivity index (χ4v) is 2.75. The van der Waals surface area contributed by atoms with Crippen LogP contribution in [-0.4, -0.2) is 25.3 Å². The lowest BCUT2D eigenvalue weighted by Gasteiger charge is -2.22. The Labute approximate surface area is 100 Å². The zero-order valence-corrected chi connectivity index (χ0v) is 10.9. The maximum absolute atomic E-state index is 5.76. The molecule has 2 rings (SSSR count). The second-order valence-corrected chi connectivity index (χ2v) is 6.05. The molecule has 2 unspecified atom stereocenters. The van der Waals surface area contributed by atoms with Crippen molar-refractivity contribution < 1.29 is 4.74 Å². The van der Waals surface area contributed by atoms with Crippen molar-refractivity contribution in [2.45, 2.75) is 64.5 Å². The van der Waals surface area contributed by atoms with Crippen LogP contribution in [0.25, 0.3) is 0 Å². The van der Waals surface area contributed by atoms with Crippen molar-refractivity contribution in [1.82, 2.24) is 5.32 Å². The van der Waals surface area contributed by atoms with E-state index in [1.807, 2.05) is 0 Å².